The van der Waals surface area contributed by atoms with Gasteiger partial charge in [0, 0.05) is 18.7 Å². The number of pyridine rings is 1. The topological polar surface area (TPSA) is 83.5 Å². The van der Waals surface area contributed by atoms with Gasteiger partial charge in [-0.2, -0.15) is 14.8 Å². The van der Waals surface area contributed by atoms with Crippen LogP contribution in [0.25, 0.3) is 16.9 Å². The fraction of sp³-hybridized carbons (Fsp3) is 0.381. The van der Waals surface area contributed by atoms with Crippen LogP contribution in [0.1, 0.15) is 45.0 Å². The second-order valence-electron chi connectivity index (χ2n) is 7.64. The molecule has 0 aliphatic rings. The lowest BCUT2D eigenvalue weighted by Crippen LogP contribution is -2.22. The highest BCUT2D eigenvalue weighted by molar-refractivity contribution is 5.74. The van der Waals surface area contributed by atoms with Gasteiger partial charge >= 0.3 is 0 Å². The first-order valence-electron chi connectivity index (χ1n) is 10.0. The maximum atomic E-state index is 14.4. The Labute approximate surface area is 177 Å². The second kappa shape index (κ2) is 8.01. The number of benzene rings is 1. The van der Waals surface area contributed by atoms with Crippen LogP contribution in [0.5, 0.6) is 5.88 Å². The molecule has 0 fully saturated rings. The SMILES string of the molecule is CCC(C)(CC)c1cc2nnn(-c3cc(F)ccc3F)c2nc1OCc1ncnn1C. The second-order valence-corrected chi connectivity index (χ2v) is 7.64. The number of fused-ring (bicyclic) bond motifs is 1. The van der Waals surface area contributed by atoms with Crippen LogP contribution in [0, 0.1) is 11.6 Å². The fourth-order valence-corrected chi connectivity index (χ4v) is 3.41. The highest BCUT2D eigenvalue weighted by Crippen LogP contribution is 2.38. The Bertz CT molecular complexity index is 1230. The van der Waals surface area contributed by atoms with Crippen LogP contribution in [0.4, 0.5) is 8.78 Å². The van der Waals surface area contributed by atoms with Crippen molar-refractivity contribution in [3.8, 4) is 11.6 Å². The summed E-state index contributed by atoms with van der Waals surface area (Å²) in [4.78, 5) is 8.82. The van der Waals surface area contributed by atoms with E-state index in [0.717, 1.165) is 36.6 Å². The molecule has 10 heteroatoms. The van der Waals surface area contributed by atoms with E-state index in [0.29, 0.717) is 17.2 Å². The summed E-state index contributed by atoms with van der Waals surface area (Å²) < 4.78 is 37.0. The first-order chi connectivity index (χ1) is 14.9. The summed E-state index contributed by atoms with van der Waals surface area (Å²) in [5.74, 6) is -0.208. The van der Waals surface area contributed by atoms with Crippen molar-refractivity contribution in [1.29, 1.82) is 0 Å². The predicted octanol–water partition coefficient (Wildman–Crippen LogP) is 3.88. The van der Waals surface area contributed by atoms with Gasteiger partial charge in [0.1, 0.15) is 35.8 Å². The fourth-order valence-electron chi connectivity index (χ4n) is 3.41. The molecular formula is C21H23F2N7O. The van der Waals surface area contributed by atoms with Crippen molar-refractivity contribution in [2.45, 2.75) is 45.6 Å². The van der Waals surface area contributed by atoms with Crippen molar-refractivity contribution in [1.82, 2.24) is 34.7 Å². The number of ether oxygens (including phenoxy) is 1. The Morgan fingerprint density at radius 1 is 1.13 bits per heavy atom. The molecular weight excluding hydrogens is 404 g/mol. The molecule has 0 spiro atoms. The predicted molar refractivity (Wildman–Crippen MR) is 110 cm³/mol. The standard InChI is InChI=1S/C21H23F2N7O/c1-5-21(3,6-2)14-10-16-19(26-20(14)31-11-18-24-12-25-29(18)4)30(28-27-16)17-9-13(22)7-8-15(17)23/h7-10,12H,5-6,11H2,1-4H3. The number of aromatic nitrogens is 7. The highest BCUT2D eigenvalue weighted by Gasteiger charge is 2.29. The van der Waals surface area contributed by atoms with Crippen molar-refractivity contribution in [2.24, 2.45) is 7.05 Å². The molecule has 0 saturated heterocycles. The van der Waals surface area contributed by atoms with Gasteiger partial charge in [-0.15, -0.1) is 5.10 Å². The minimum Gasteiger partial charge on any atom is -0.469 e. The first kappa shape index (κ1) is 20.8. The van der Waals surface area contributed by atoms with E-state index in [-0.39, 0.29) is 23.4 Å². The van der Waals surface area contributed by atoms with Gasteiger partial charge in [-0.1, -0.05) is 26.0 Å². The molecule has 1 aromatic carbocycles. The summed E-state index contributed by atoms with van der Waals surface area (Å²) in [5.41, 5.74) is 1.33. The number of hydrogen-bond acceptors (Lipinski definition) is 6. The van der Waals surface area contributed by atoms with Gasteiger partial charge in [0.15, 0.2) is 11.5 Å². The first-order valence-corrected chi connectivity index (χ1v) is 10.0. The van der Waals surface area contributed by atoms with Gasteiger partial charge < -0.3 is 4.74 Å². The lowest BCUT2D eigenvalue weighted by Gasteiger charge is -2.28. The lowest BCUT2D eigenvalue weighted by molar-refractivity contribution is 0.266. The molecule has 0 N–H and O–H groups in total. The van der Waals surface area contributed by atoms with Gasteiger partial charge in [-0.3, -0.25) is 4.68 Å². The van der Waals surface area contributed by atoms with Gasteiger partial charge in [0.05, 0.1) is 0 Å². The van der Waals surface area contributed by atoms with E-state index in [4.69, 9.17) is 4.74 Å². The van der Waals surface area contributed by atoms with Crippen LogP contribution >= 0.6 is 0 Å². The summed E-state index contributed by atoms with van der Waals surface area (Å²) >= 11 is 0. The lowest BCUT2D eigenvalue weighted by atomic mass is 9.78. The van der Waals surface area contributed by atoms with Gasteiger partial charge in [0.25, 0.3) is 0 Å². The van der Waals surface area contributed by atoms with Crippen LogP contribution in [-0.4, -0.2) is 34.7 Å². The Kier molecular flexibility index (Phi) is 5.38. The minimum absolute atomic E-state index is 0.0734. The van der Waals surface area contributed by atoms with E-state index in [2.05, 4.69) is 46.1 Å². The summed E-state index contributed by atoms with van der Waals surface area (Å²) in [7, 11) is 1.77. The van der Waals surface area contributed by atoms with Gasteiger partial charge in [0.2, 0.25) is 5.88 Å². The minimum atomic E-state index is -0.632. The van der Waals surface area contributed by atoms with Crippen LogP contribution < -0.4 is 4.74 Å². The normalized spacial score (nSPS) is 11.9. The third-order valence-corrected chi connectivity index (χ3v) is 5.88. The smallest absolute Gasteiger partial charge is 0.219 e. The number of halogens is 2. The third-order valence-electron chi connectivity index (χ3n) is 5.88. The molecule has 3 heterocycles. The van der Waals surface area contributed by atoms with Crippen LogP contribution in [-0.2, 0) is 19.1 Å². The van der Waals surface area contributed by atoms with Crippen molar-refractivity contribution in [3.05, 3.63) is 53.6 Å². The molecule has 3 aromatic heterocycles. The summed E-state index contributed by atoms with van der Waals surface area (Å²) in [6.45, 7) is 6.47. The van der Waals surface area contributed by atoms with Gasteiger partial charge in [-0.05, 0) is 36.5 Å². The van der Waals surface area contributed by atoms with Crippen LogP contribution in [0.2, 0.25) is 0 Å². The van der Waals surface area contributed by atoms with E-state index in [1.165, 1.54) is 11.0 Å². The number of nitrogens with zero attached hydrogens (tertiary/aromatic N) is 7. The third kappa shape index (κ3) is 3.73. The maximum absolute atomic E-state index is 14.4. The molecule has 0 radical (unpaired) electrons. The molecule has 0 saturated carbocycles. The molecule has 4 rings (SSSR count). The van der Waals surface area contributed by atoms with Crippen molar-refractivity contribution >= 4 is 11.2 Å². The van der Waals surface area contributed by atoms with Crippen molar-refractivity contribution in [2.75, 3.05) is 0 Å². The van der Waals surface area contributed by atoms with Crippen molar-refractivity contribution in [3.63, 3.8) is 0 Å². The molecule has 31 heavy (non-hydrogen) atoms. The molecule has 0 bridgehead atoms. The molecule has 4 aromatic rings. The van der Waals surface area contributed by atoms with E-state index in [9.17, 15) is 8.78 Å². The quantitative estimate of drug-likeness (QED) is 0.445. The van der Waals surface area contributed by atoms with Crippen LogP contribution in [0.15, 0.2) is 30.6 Å². The summed E-state index contributed by atoms with van der Waals surface area (Å²) in [6.07, 6.45) is 3.15. The van der Waals surface area contributed by atoms with E-state index in [1.54, 1.807) is 11.7 Å². The van der Waals surface area contributed by atoms with Crippen LogP contribution in [0.3, 0.4) is 0 Å². The zero-order valence-electron chi connectivity index (χ0n) is 17.8. The molecule has 0 aliphatic carbocycles. The molecule has 8 nitrogen and oxygen atoms in total. The molecule has 162 valence electrons. The Morgan fingerprint density at radius 3 is 2.58 bits per heavy atom. The number of aryl methyl sites for hydroxylation is 1. The molecule has 0 aliphatic heterocycles. The Hall–Kier alpha value is -3.43. The van der Waals surface area contributed by atoms with Crippen molar-refractivity contribution < 1.29 is 13.5 Å². The maximum Gasteiger partial charge on any atom is 0.219 e. The number of rotatable bonds is 7. The van der Waals surface area contributed by atoms with E-state index in [1.807, 2.05) is 6.07 Å². The Morgan fingerprint density at radius 2 is 1.90 bits per heavy atom. The Balaban J connectivity index is 1.86. The zero-order chi connectivity index (χ0) is 22.2. The van der Waals surface area contributed by atoms with E-state index < -0.39 is 11.6 Å². The summed E-state index contributed by atoms with van der Waals surface area (Å²) in [6, 6.07) is 5.01. The zero-order valence-corrected chi connectivity index (χ0v) is 17.8. The highest BCUT2D eigenvalue weighted by atomic mass is 19.1. The number of hydrogen-bond donors (Lipinski definition) is 0. The largest absolute Gasteiger partial charge is 0.469 e. The van der Waals surface area contributed by atoms with Gasteiger partial charge in [-0.25, -0.2) is 13.8 Å². The molecule has 0 amide bonds. The molecule has 0 unspecified atom stereocenters. The van der Waals surface area contributed by atoms with E-state index >= 15 is 0 Å². The monoisotopic (exact) mass is 427 g/mol. The molecule has 0 atom stereocenters. The average Bonchev–Trinajstić information content (AvgIpc) is 3.38. The average molecular weight is 427 g/mol. The summed E-state index contributed by atoms with van der Waals surface area (Å²) in [5, 5.41) is 12.2.